The maximum atomic E-state index is 12.0. The number of rotatable bonds is 5. The van der Waals surface area contributed by atoms with Gasteiger partial charge in [-0.1, -0.05) is 39.1 Å². The molecule has 5 heteroatoms. The van der Waals surface area contributed by atoms with Crippen LogP contribution in [0.4, 0.5) is 5.69 Å². The second-order valence-electron chi connectivity index (χ2n) is 4.24. The molecule has 2 aromatic rings. The lowest BCUT2D eigenvalue weighted by molar-refractivity contribution is 0.0986. The molecule has 0 fully saturated rings. The van der Waals surface area contributed by atoms with Crippen LogP contribution in [0.15, 0.2) is 46.9 Å². The molecule has 2 nitrogen and oxygen atoms in total. The fourth-order valence-electron chi connectivity index (χ4n) is 1.70. The van der Waals surface area contributed by atoms with Crippen molar-refractivity contribution in [3.8, 4) is 0 Å². The number of halogens is 3. The van der Waals surface area contributed by atoms with Crippen molar-refractivity contribution >= 4 is 50.6 Å². The molecule has 0 unspecified atom stereocenters. The summed E-state index contributed by atoms with van der Waals surface area (Å²) in [7, 11) is 0. The summed E-state index contributed by atoms with van der Waals surface area (Å²) in [6.45, 7) is 0.570. The van der Waals surface area contributed by atoms with E-state index in [0.717, 1.165) is 10.2 Å². The lowest BCUT2D eigenvalue weighted by atomic mass is 10.1. The normalized spacial score (nSPS) is 10.3. The number of carbonyl (C=O) groups excluding carboxylic acids is 1. The zero-order valence-corrected chi connectivity index (χ0v) is 13.6. The lowest BCUT2D eigenvalue weighted by Crippen LogP contribution is -2.08. The number of benzene rings is 2. The van der Waals surface area contributed by atoms with Gasteiger partial charge in [0.2, 0.25) is 0 Å². The Morgan fingerprint density at radius 1 is 1.05 bits per heavy atom. The van der Waals surface area contributed by atoms with Crippen LogP contribution in [0.5, 0.6) is 0 Å². The first-order valence-electron chi connectivity index (χ1n) is 6.04. The molecule has 2 rings (SSSR count). The van der Waals surface area contributed by atoms with Gasteiger partial charge in [0.25, 0.3) is 0 Å². The Balaban J connectivity index is 1.88. The van der Waals surface area contributed by atoms with Gasteiger partial charge in [0.05, 0.1) is 10.0 Å². The second-order valence-corrected chi connectivity index (χ2v) is 5.97. The average Bonchev–Trinajstić information content (AvgIpc) is 2.44. The Labute approximate surface area is 136 Å². The van der Waals surface area contributed by atoms with Gasteiger partial charge >= 0.3 is 0 Å². The van der Waals surface area contributed by atoms with Crippen LogP contribution in [0.3, 0.4) is 0 Å². The summed E-state index contributed by atoms with van der Waals surface area (Å²) in [5.41, 5.74) is 1.56. The van der Waals surface area contributed by atoms with Gasteiger partial charge in [-0.25, -0.2) is 0 Å². The van der Waals surface area contributed by atoms with E-state index in [-0.39, 0.29) is 5.78 Å². The minimum atomic E-state index is 0.0354. The van der Waals surface area contributed by atoms with Crippen LogP contribution in [0, 0.1) is 0 Å². The van der Waals surface area contributed by atoms with Crippen LogP contribution in [-0.2, 0) is 0 Å². The van der Waals surface area contributed by atoms with Gasteiger partial charge in [0.1, 0.15) is 0 Å². The summed E-state index contributed by atoms with van der Waals surface area (Å²) in [4.78, 5) is 12.0. The van der Waals surface area contributed by atoms with E-state index in [1.54, 1.807) is 18.2 Å². The number of Topliss-reactive ketones (excluding diaryl/α,β-unsaturated/α-hetero) is 1. The fourth-order valence-corrected chi connectivity index (χ4v) is 2.26. The highest BCUT2D eigenvalue weighted by atomic mass is 79.9. The molecule has 0 aliphatic carbocycles. The number of anilines is 1. The first-order chi connectivity index (χ1) is 9.56. The minimum Gasteiger partial charge on any atom is -0.385 e. The van der Waals surface area contributed by atoms with Crippen molar-refractivity contribution in [2.75, 3.05) is 11.9 Å². The molecule has 0 aliphatic heterocycles. The van der Waals surface area contributed by atoms with Gasteiger partial charge in [-0.3, -0.25) is 4.79 Å². The molecule has 0 radical (unpaired) electrons. The number of carbonyl (C=O) groups is 1. The molecule has 0 spiro atoms. The Hall–Kier alpha value is -1.03. The van der Waals surface area contributed by atoms with Crippen molar-refractivity contribution in [1.29, 1.82) is 0 Å². The summed E-state index contributed by atoms with van der Waals surface area (Å²) in [6.07, 6.45) is 0.397. The largest absolute Gasteiger partial charge is 0.385 e. The first-order valence-corrected chi connectivity index (χ1v) is 7.59. The third kappa shape index (κ3) is 4.23. The number of ketones is 1. The third-order valence-corrected chi connectivity index (χ3v) is 4.03. The first kappa shape index (κ1) is 15.4. The quantitative estimate of drug-likeness (QED) is 0.708. The molecule has 104 valence electrons. The van der Waals surface area contributed by atoms with Crippen molar-refractivity contribution in [2.45, 2.75) is 6.42 Å². The zero-order valence-electron chi connectivity index (χ0n) is 10.5. The van der Waals surface area contributed by atoms with E-state index >= 15 is 0 Å². The minimum absolute atomic E-state index is 0.0354. The Kier molecular flexibility index (Phi) is 5.46. The molecule has 0 saturated heterocycles. The van der Waals surface area contributed by atoms with E-state index in [2.05, 4.69) is 21.2 Å². The average molecular weight is 373 g/mol. The zero-order chi connectivity index (χ0) is 14.5. The van der Waals surface area contributed by atoms with Crippen LogP contribution in [0.25, 0.3) is 0 Å². The van der Waals surface area contributed by atoms with Crippen LogP contribution in [-0.4, -0.2) is 12.3 Å². The molecule has 0 bridgehead atoms. The predicted octanol–water partition coefficient (Wildman–Crippen LogP) is 5.44. The van der Waals surface area contributed by atoms with Crippen LogP contribution in [0.1, 0.15) is 16.8 Å². The van der Waals surface area contributed by atoms with Gasteiger partial charge in [-0.2, -0.15) is 0 Å². The standard InChI is InChI=1S/C15H12BrCl2NO/c16-11-2-4-12(5-3-11)19-8-7-15(20)10-1-6-13(17)14(18)9-10/h1-6,9,19H,7-8H2. The van der Waals surface area contributed by atoms with Crippen molar-refractivity contribution < 1.29 is 4.79 Å². The third-order valence-electron chi connectivity index (χ3n) is 2.77. The number of hydrogen-bond donors (Lipinski definition) is 1. The summed E-state index contributed by atoms with van der Waals surface area (Å²) < 4.78 is 1.02. The molecular weight excluding hydrogens is 361 g/mol. The summed E-state index contributed by atoms with van der Waals surface area (Å²) in [6, 6.07) is 12.7. The van der Waals surface area contributed by atoms with E-state index in [9.17, 15) is 4.79 Å². The van der Waals surface area contributed by atoms with E-state index in [4.69, 9.17) is 23.2 Å². The molecule has 0 saturated carbocycles. The summed E-state index contributed by atoms with van der Waals surface area (Å²) in [5, 5.41) is 4.05. The highest BCUT2D eigenvalue weighted by Gasteiger charge is 2.07. The van der Waals surface area contributed by atoms with Crippen molar-refractivity contribution in [3.05, 3.63) is 62.5 Å². The molecule has 0 amide bonds. The van der Waals surface area contributed by atoms with Crippen LogP contribution < -0.4 is 5.32 Å². The highest BCUT2D eigenvalue weighted by molar-refractivity contribution is 9.10. The lowest BCUT2D eigenvalue weighted by Gasteiger charge is -2.06. The van der Waals surface area contributed by atoms with E-state index < -0.39 is 0 Å². The van der Waals surface area contributed by atoms with Crippen molar-refractivity contribution in [1.82, 2.24) is 0 Å². The predicted molar refractivity (Wildman–Crippen MR) is 88.0 cm³/mol. The maximum Gasteiger partial charge on any atom is 0.164 e. The van der Waals surface area contributed by atoms with E-state index in [0.29, 0.717) is 28.6 Å². The fraction of sp³-hybridized carbons (Fsp3) is 0.133. The van der Waals surface area contributed by atoms with Gasteiger partial charge in [-0.05, 0) is 42.5 Å². The van der Waals surface area contributed by atoms with Gasteiger partial charge in [0.15, 0.2) is 5.78 Å². The Bertz CT molecular complexity index is 614. The van der Waals surface area contributed by atoms with Gasteiger partial charge in [-0.15, -0.1) is 0 Å². The summed E-state index contributed by atoms with van der Waals surface area (Å²) in [5.74, 6) is 0.0354. The van der Waals surface area contributed by atoms with E-state index in [1.807, 2.05) is 24.3 Å². The Morgan fingerprint density at radius 2 is 1.75 bits per heavy atom. The molecule has 0 atom stereocenters. The van der Waals surface area contributed by atoms with Crippen molar-refractivity contribution in [2.24, 2.45) is 0 Å². The topological polar surface area (TPSA) is 29.1 Å². The van der Waals surface area contributed by atoms with Gasteiger partial charge in [0, 0.05) is 28.7 Å². The molecule has 0 aliphatic rings. The second kappa shape index (κ2) is 7.11. The number of hydrogen-bond acceptors (Lipinski definition) is 2. The smallest absolute Gasteiger partial charge is 0.164 e. The molecular formula is C15H12BrCl2NO. The molecule has 0 heterocycles. The maximum absolute atomic E-state index is 12.0. The summed E-state index contributed by atoms with van der Waals surface area (Å²) >= 11 is 15.1. The van der Waals surface area contributed by atoms with Gasteiger partial charge < -0.3 is 5.32 Å². The molecule has 2 aromatic carbocycles. The van der Waals surface area contributed by atoms with Crippen molar-refractivity contribution in [3.63, 3.8) is 0 Å². The van der Waals surface area contributed by atoms with E-state index in [1.165, 1.54) is 0 Å². The highest BCUT2D eigenvalue weighted by Crippen LogP contribution is 2.23. The number of nitrogens with one attached hydrogen (secondary N) is 1. The van der Waals surface area contributed by atoms with Crippen LogP contribution in [0.2, 0.25) is 10.0 Å². The molecule has 1 N–H and O–H groups in total. The SMILES string of the molecule is O=C(CCNc1ccc(Br)cc1)c1ccc(Cl)c(Cl)c1. The molecule has 20 heavy (non-hydrogen) atoms. The Morgan fingerprint density at radius 3 is 2.40 bits per heavy atom. The monoisotopic (exact) mass is 371 g/mol. The van der Waals surface area contributed by atoms with Crippen LogP contribution >= 0.6 is 39.1 Å². The molecule has 0 aromatic heterocycles.